The van der Waals surface area contributed by atoms with Crippen LogP contribution in [0.15, 0.2) is 65.9 Å². The number of aldehydes is 1. The molecule has 3 aliphatic heterocycles. The van der Waals surface area contributed by atoms with E-state index in [0.717, 1.165) is 92.0 Å². The third kappa shape index (κ3) is 8.12. The van der Waals surface area contributed by atoms with Crippen LogP contribution in [0.25, 0.3) is 11.1 Å². The Morgan fingerprint density at radius 2 is 1.76 bits per heavy atom. The summed E-state index contributed by atoms with van der Waals surface area (Å²) >= 11 is 0. The standard InChI is InChI=1S/C34H40N10O3.C5H11NO/c1-19-31-26(14-37-44(31)24-16-43(17-24)15-22-5-3-6-23(18-45)38-22)25-7-4-8-27(32(25)42(19)2)40-28(30(36)34(47)39-21-11-12-21)13-29(35)41-33(46)20-9-10-20;1-5(7)3-6(2)4-5/h3-8,13-14,18-21,24,40H,9-12,15-17,35-36H2,1-2H3,(H,39,47)(H,41,46);7H,3-4H2,1-2H3/b29-13+,30-28+;. The van der Waals surface area contributed by atoms with Crippen LogP contribution in [0.1, 0.15) is 73.5 Å². The fourth-order valence-corrected chi connectivity index (χ4v) is 7.45. The number of rotatable bonds is 11. The van der Waals surface area contributed by atoms with E-state index in [9.17, 15) is 14.4 Å². The second-order valence-electron chi connectivity index (χ2n) is 15.6. The number of carbonyl (C=O) groups excluding carboxylic acids is 3. The first-order chi connectivity index (χ1) is 25.8. The Morgan fingerprint density at radius 1 is 1.04 bits per heavy atom. The lowest BCUT2D eigenvalue weighted by Gasteiger charge is -2.42. The van der Waals surface area contributed by atoms with Crippen molar-refractivity contribution in [3.05, 3.63) is 83.0 Å². The number of allylic oxidation sites excluding steroid dienone is 1. The van der Waals surface area contributed by atoms with Gasteiger partial charge in [-0.2, -0.15) is 5.10 Å². The molecule has 3 aromatic rings. The van der Waals surface area contributed by atoms with Gasteiger partial charge in [-0.15, -0.1) is 0 Å². The summed E-state index contributed by atoms with van der Waals surface area (Å²) in [5.41, 5.74) is 18.7. The van der Waals surface area contributed by atoms with E-state index < -0.39 is 0 Å². The molecule has 54 heavy (non-hydrogen) atoms. The molecule has 15 heteroatoms. The largest absolute Gasteiger partial charge is 0.393 e. The summed E-state index contributed by atoms with van der Waals surface area (Å²) in [4.78, 5) is 47.6. The molecule has 0 bridgehead atoms. The molecular weight excluding hydrogens is 687 g/mol. The number of hydrogen-bond donors (Lipinski definition) is 6. The number of benzene rings is 1. The molecule has 4 fully saturated rings. The molecule has 5 aliphatic rings. The average molecular weight is 738 g/mol. The van der Waals surface area contributed by atoms with Crippen molar-refractivity contribution in [2.75, 3.05) is 50.5 Å². The Kier molecular flexibility index (Phi) is 10.2. The SMILES string of the molecule is CC1c2c(cnn2C2CN(Cc3cccc(C=O)n3)C2)-c2cccc(NC(/C=C(\N)NC(=O)C3CC3)=C(/N)C(=O)NC3CC3)c2N1C.CN1CC(C)(O)C1. The molecule has 8 rings (SSSR count). The highest BCUT2D eigenvalue weighted by molar-refractivity contribution is 5.96. The van der Waals surface area contributed by atoms with E-state index >= 15 is 0 Å². The van der Waals surface area contributed by atoms with Gasteiger partial charge >= 0.3 is 0 Å². The molecule has 2 amide bonds. The number of pyridine rings is 1. The monoisotopic (exact) mass is 737 g/mol. The molecule has 2 saturated heterocycles. The van der Waals surface area contributed by atoms with Gasteiger partial charge < -0.3 is 42.3 Å². The van der Waals surface area contributed by atoms with Crippen LogP contribution in [-0.4, -0.2) is 99.7 Å². The first-order valence-corrected chi connectivity index (χ1v) is 18.6. The number of anilines is 2. The van der Waals surface area contributed by atoms with Crippen molar-refractivity contribution in [3.8, 4) is 11.1 Å². The first-order valence-electron chi connectivity index (χ1n) is 18.6. The van der Waals surface area contributed by atoms with Gasteiger partial charge in [-0.25, -0.2) is 4.98 Å². The Morgan fingerprint density at radius 3 is 2.39 bits per heavy atom. The summed E-state index contributed by atoms with van der Waals surface area (Å²) < 4.78 is 2.14. The van der Waals surface area contributed by atoms with Gasteiger partial charge in [-0.3, -0.25) is 24.0 Å². The minimum absolute atomic E-state index is 0.00989. The maximum atomic E-state index is 13.0. The topological polar surface area (TPSA) is 200 Å². The minimum atomic E-state index is -0.385. The molecule has 0 radical (unpaired) electrons. The van der Waals surface area contributed by atoms with Gasteiger partial charge in [0.05, 0.1) is 52.3 Å². The Labute approximate surface area is 315 Å². The predicted octanol–water partition coefficient (Wildman–Crippen LogP) is 2.20. The van der Waals surface area contributed by atoms with E-state index in [0.29, 0.717) is 17.9 Å². The van der Waals surface area contributed by atoms with Crippen LogP contribution < -0.4 is 32.3 Å². The van der Waals surface area contributed by atoms with Crippen LogP contribution >= 0.6 is 0 Å². The highest BCUT2D eigenvalue weighted by Crippen LogP contribution is 2.48. The number of likely N-dealkylation sites (tertiary alicyclic amines) is 2. The zero-order valence-corrected chi connectivity index (χ0v) is 31.4. The second-order valence-corrected chi connectivity index (χ2v) is 15.6. The molecule has 1 aromatic carbocycles. The van der Waals surface area contributed by atoms with Crippen molar-refractivity contribution >= 4 is 29.5 Å². The Bertz CT molecular complexity index is 1980. The average Bonchev–Trinajstić information content (AvgIpc) is 4.06. The molecule has 2 saturated carbocycles. The summed E-state index contributed by atoms with van der Waals surface area (Å²) in [6.07, 6.45) is 7.76. The van der Waals surface area contributed by atoms with Gasteiger partial charge in [0.15, 0.2) is 6.29 Å². The number of amides is 2. The quantitative estimate of drug-likeness (QED) is 0.0954. The number of fused-ring (bicyclic) bond motifs is 3. The van der Waals surface area contributed by atoms with Crippen LogP contribution in [0.2, 0.25) is 0 Å². The van der Waals surface area contributed by atoms with Gasteiger partial charge in [0.1, 0.15) is 17.2 Å². The second kappa shape index (κ2) is 14.9. The van der Waals surface area contributed by atoms with E-state index in [1.54, 1.807) is 6.07 Å². The van der Waals surface area contributed by atoms with E-state index in [-0.39, 0.29) is 53.0 Å². The van der Waals surface area contributed by atoms with Gasteiger partial charge in [-0.05, 0) is 64.8 Å². The molecule has 5 heterocycles. The van der Waals surface area contributed by atoms with E-state index in [4.69, 9.17) is 21.7 Å². The molecular formula is C39H51N11O4. The third-order valence-corrected chi connectivity index (χ3v) is 10.6. The molecule has 0 spiro atoms. The van der Waals surface area contributed by atoms with Crippen molar-refractivity contribution in [1.29, 1.82) is 0 Å². The van der Waals surface area contributed by atoms with Gasteiger partial charge in [-0.1, -0.05) is 18.2 Å². The van der Waals surface area contributed by atoms with Crippen LogP contribution in [-0.2, 0) is 16.1 Å². The molecule has 1 atom stereocenters. The van der Waals surface area contributed by atoms with Gasteiger partial charge in [0.2, 0.25) is 5.91 Å². The number of nitrogens with one attached hydrogen (secondary N) is 3. The lowest BCUT2D eigenvalue weighted by atomic mass is 9.93. The summed E-state index contributed by atoms with van der Waals surface area (Å²) in [5.74, 6) is -0.426. The smallest absolute Gasteiger partial charge is 0.269 e. The van der Waals surface area contributed by atoms with Crippen LogP contribution in [0, 0.1) is 5.92 Å². The van der Waals surface area contributed by atoms with Crippen molar-refractivity contribution in [2.24, 2.45) is 17.4 Å². The first kappa shape index (κ1) is 37.1. The summed E-state index contributed by atoms with van der Waals surface area (Å²) in [6.45, 7) is 7.99. The fourth-order valence-electron chi connectivity index (χ4n) is 7.45. The maximum absolute atomic E-state index is 13.0. The van der Waals surface area contributed by atoms with Crippen molar-refractivity contribution in [1.82, 2.24) is 35.2 Å². The lowest BCUT2D eigenvalue weighted by Crippen LogP contribution is -2.57. The molecule has 15 nitrogen and oxygen atoms in total. The summed E-state index contributed by atoms with van der Waals surface area (Å²) in [5, 5.41) is 23.0. The van der Waals surface area contributed by atoms with E-state index in [1.165, 1.54) is 6.08 Å². The predicted molar refractivity (Wildman–Crippen MR) is 206 cm³/mol. The normalized spacial score (nSPS) is 21.2. The highest BCUT2D eigenvalue weighted by Gasteiger charge is 2.38. The number of nitrogens with zero attached hydrogens (tertiary/aromatic N) is 6. The van der Waals surface area contributed by atoms with Gasteiger partial charge in [0.25, 0.3) is 5.91 Å². The molecule has 2 aromatic heterocycles. The number of carbonyl (C=O) groups is 3. The van der Waals surface area contributed by atoms with Crippen LogP contribution in [0.4, 0.5) is 11.4 Å². The zero-order chi connectivity index (χ0) is 38.3. The number of para-hydroxylation sites is 1. The number of aliphatic hydroxyl groups is 1. The van der Waals surface area contributed by atoms with Crippen molar-refractivity contribution in [3.63, 3.8) is 0 Å². The number of hydrogen-bond acceptors (Lipinski definition) is 12. The summed E-state index contributed by atoms with van der Waals surface area (Å²) in [7, 11) is 4.04. The summed E-state index contributed by atoms with van der Waals surface area (Å²) in [6, 6.07) is 11.8. The highest BCUT2D eigenvalue weighted by atomic mass is 16.3. The van der Waals surface area contributed by atoms with Crippen LogP contribution in [0.5, 0.6) is 0 Å². The van der Waals surface area contributed by atoms with E-state index in [2.05, 4.69) is 53.3 Å². The third-order valence-electron chi connectivity index (χ3n) is 10.6. The van der Waals surface area contributed by atoms with Crippen LogP contribution in [0.3, 0.4) is 0 Å². The van der Waals surface area contributed by atoms with E-state index in [1.807, 2.05) is 51.5 Å². The van der Waals surface area contributed by atoms with Crippen molar-refractivity contribution in [2.45, 2.75) is 69.8 Å². The Hall–Kier alpha value is -5.25. The lowest BCUT2D eigenvalue weighted by molar-refractivity contribution is -0.121. The Balaban J connectivity index is 0.000000579. The molecule has 1 unspecified atom stereocenters. The van der Waals surface area contributed by atoms with Gasteiger partial charge in [0, 0.05) is 68.9 Å². The number of likely N-dealkylation sites (N-methyl/N-ethyl adjacent to an activating group) is 1. The van der Waals surface area contributed by atoms with Crippen molar-refractivity contribution < 1.29 is 19.5 Å². The number of β-amino-alcohol motifs (C(OH)–C–C–N with tert-alkyl or cyclic N) is 1. The zero-order valence-electron chi connectivity index (χ0n) is 31.4. The number of nitrogens with two attached hydrogens (primary N) is 2. The molecule has 8 N–H and O–H groups in total. The maximum Gasteiger partial charge on any atom is 0.269 e. The minimum Gasteiger partial charge on any atom is -0.393 e. The number of aromatic nitrogens is 3. The molecule has 286 valence electrons. The molecule has 2 aliphatic carbocycles. The fraction of sp³-hybridized carbons (Fsp3) is 0.462.